The van der Waals surface area contributed by atoms with Gasteiger partial charge in [-0.15, -0.1) is 0 Å². The maximum atomic E-state index is 12.5. The lowest BCUT2D eigenvalue weighted by molar-refractivity contribution is 0.0787. The molecule has 0 unspecified atom stereocenters. The average Bonchev–Trinajstić information content (AvgIpc) is 2.49. The minimum Gasteiger partial charge on any atom is -0.396 e. The van der Waals surface area contributed by atoms with Gasteiger partial charge in [0.1, 0.15) is 5.82 Å². The molecule has 0 fully saturated rings. The Bertz CT molecular complexity index is 463. The SMILES string of the molecule is CNc1cnc(C(C)C)nc1C(=O)N(C)CCCCCO. The lowest BCUT2D eigenvalue weighted by Gasteiger charge is -2.19. The highest BCUT2D eigenvalue weighted by atomic mass is 16.2. The van der Waals surface area contributed by atoms with Gasteiger partial charge in [-0.3, -0.25) is 4.79 Å². The molecule has 6 heteroatoms. The van der Waals surface area contributed by atoms with Crippen LogP contribution in [0.25, 0.3) is 0 Å². The molecular weight excluding hydrogens is 268 g/mol. The highest BCUT2D eigenvalue weighted by Crippen LogP contribution is 2.17. The van der Waals surface area contributed by atoms with Crippen molar-refractivity contribution in [3.8, 4) is 0 Å². The van der Waals surface area contributed by atoms with E-state index in [0.717, 1.165) is 19.3 Å². The van der Waals surface area contributed by atoms with Crippen molar-refractivity contribution in [3.63, 3.8) is 0 Å². The molecule has 1 aromatic heterocycles. The van der Waals surface area contributed by atoms with Crippen LogP contribution in [-0.4, -0.2) is 53.1 Å². The Morgan fingerprint density at radius 3 is 2.67 bits per heavy atom. The second-order valence-electron chi connectivity index (χ2n) is 5.41. The molecule has 6 nitrogen and oxygen atoms in total. The lowest BCUT2D eigenvalue weighted by Crippen LogP contribution is -2.29. The van der Waals surface area contributed by atoms with Crippen molar-refractivity contribution >= 4 is 11.6 Å². The van der Waals surface area contributed by atoms with Gasteiger partial charge in [0, 0.05) is 33.2 Å². The summed E-state index contributed by atoms with van der Waals surface area (Å²) in [6.45, 7) is 4.86. The van der Waals surface area contributed by atoms with Gasteiger partial charge >= 0.3 is 0 Å². The summed E-state index contributed by atoms with van der Waals surface area (Å²) in [5, 5.41) is 11.7. The zero-order valence-electron chi connectivity index (χ0n) is 13.4. The molecule has 118 valence electrons. The van der Waals surface area contributed by atoms with Gasteiger partial charge in [-0.2, -0.15) is 0 Å². The highest BCUT2D eigenvalue weighted by Gasteiger charge is 2.19. The number of anilines is 1. The summed E-state index contributed by atoms with van der Waals surface area (Å²) in [5.41, 5.74) is 1.06. The molecule has 0 saturated heterocycles. The van der Waals surface area contributed by atoms with E-state index in [0.29, 0.717) is 23.8 Å². The zero-order valence-corrected chi connectivity index (χ0v) is 13.4. The van der Waals surface area contributed by atoms with Crippen molar-refractivity contribution in [1.82, 2.24) is 14.9 Å². The van der Waals surface area contributed by atoms with Gasteiger partial charge < -0.3 is 15.3 Å². The first-order chi connectivity index (χ1) is 10.0. The number of nitrogens with zero attached hydrogens (tertiary/aromatic N) is 3. The number of aliphatic hydroxyl groups excluding tert-OH is 1. The summed E-state index contributed by atoms with van der Waals surface area (Å²) in [7, 11) is 3.53. The first kappa shape index (κ1) is 17.4. The zero-order chi connectivity index (χ0) is 15.8. The number of hydrogen-bond donors (Lipinski definition) is 2. The summed E-state index contributed by atoms with van der Waals surface area (Å²) >= 11 is 0. The molecule has 0 aliphatic heterocycles. The number of amides is 1. The molecule has 1 aromatic rings. The van der Waals surface area contributed by atoms with Crippen molar-refractivity contribution in [3.05, 3.63) is 17.7 Å². The molecule has 1 heterocycles. The molecule has 0 saturated carbocycles. The van der Waals surface area contributed by atoms with Crippen LogP contribution >= 0.6 is 0 Å². The van der Waals surface area contributed by atoms with Gasteiger partial charge in [0.05, 0.1) is 11.9 Å². The fourth-order valence-electron chi connectivity index (χ4n) is 1.94. The summed E-state index contributed by atoms with van der Waals surface area (Å²) in [4.78, 5) is 22.8. The molecule has 0 spiro atoms. The summed E-state index contributed by atoms with van der Waals surface area (Å²) in [6.07, 6.45) is 4.22. The molecule has 2 N–H and O–H groups in total. The number of hydrogen-bond acceptors (Lipinski definition) is 5. The van der Waals surface area contributed by atoms with E-state index in [9.17, 15) is 4.79 Å². The molecule has 0 aliphatic carbocycles. The first-order valence-electron chi connectivity index (χ1n) is 7.42. The first-order valence-corrected chi connectivity index (χ1v) is 7.42. The van der Waals surface area contributed by atoms with E-state index in [4.69, 9.17) is 5.11 Å². The van der Waals surface area contributed by atoms with Crippen molar-refractivity contribution in [2.45, 2.75) is 39.0 Å². The number of aromatic nitrogens is 2. The van der Waals surface area contributed by atoms with Crippen molar-refractivity contribution in [2.75, 3.05) is 32.6 Å². The van der Waals surface area contributed by atoms with Gasteiger partial charge in [0.15, 0.2) is 5.69 Å². The van der Waals surface area contributed by atoms with Crippen molar-refractivity contribution in [2.24, 2.45) is 0 Å². The van der Waals surface area contributed by atoms with Gasteiger partial charge in [-0.25, -0.2) is 9.97 Å². The van der Waals surface area contributed by atoms with Crippen LogP contribution in [0.15, 0.2) is 6.20 Å². The van der Waals surface area contributed by atoms with Crippen LogP contribution in [0, 0.1) is 0 Å². The van der Waals surface area contributed by atoms with Gasteiger partial charge in [0.25, 0.3) is 5.91 Å². The normalized spacial score (nSPS) is 10.8. The van der Waals surface area contributed by atoms with Gasteiger partial charge in [0.2, 0.25) is 0 Å². The monoisotopic (exact) mass is 294 g/mol. The van der Waals surface area contributed by atoms with Crippen LogP contribution in [0.3, 0.4) is 0 Å². The minimum atomic E-state index is -0.104. The van der Waals surface area contributed by atoms with E-state index in [1.807, 2.05) is 13.8 Å². The van der Waals surface area contributed by atoms with Crippen LogP contribution in [0.5, 0.6) is 0 Å². The van der Waals surface area contributed by atoms with Gasteiger partial charge in [-0.05, 0) is 19.3 Å². The van der Waals surface area contributed by atoms with Crippen LogP contribution in [0.2, 0.25) is 0 Å². The molecule has 21 heavy (non-hydrogen) atoms. The second kappa shape index (κ2) is 8.56. The van der Waals surface area contributed by atoms with Crippen molar-refractivity contribution < 1.29 is 9.90 Å². The predicted molar refractivity (Wildman–Crippen MR) is 83.6 cm³/mol. The number of unbranched alkanes of at least 4 members (excludes halogenated alkanes) is 2. The third kappa shape index (κ3) is 4.97. The highest BCUT2D eigenvalue weighted by molar-refractivity contribution is 5.97. The standard InChI is InChI=1S/C15H26N4O2/c1-11(2)14-17-10-12(16-3)13(18-14)15(21)19(4)8-6-5-7-9-20/h10-11,16,20H,5-9H2,1-4H3. The summed E-state index contributed by atoms with van der Waals surface area (Å²) in [5.74, 6) is 0.746. The quantitative estimate of drug-likeness (QED) is 0.716. The number of aliphatic hydroxyl groups is 1. The maximum absolute atomic E-state index is 12.5. The topological polar surface area (TPSA) is 78.4 Å². The predicted octanol–water partition coefficient (Wildman–Crippen LogP) is 1.88. The van der Waals surface area contributed by atoms with E-state index in [2.05, 4.69) is 15.3 Å². The molecule has 0 aromatic carbocycles. The maximum Gasteiger partial charge on any atom is 0.274 e. The van der Waals surface area contributed by atoms with E-state index in [1.54, 1.807) is 25.2 Å². The lowest BCUT2D eigenvalue weighted by atomic mass is 10.2. The Hall–Kier alpha value is -1.69. The summed E-state index contributed by atoms with van der Waals surface area (Å²) < 4.78 is 0. The molecular formula is C15H26N4O2. The van der Waals surface area contributed by atoms with Crippen LogP contribution in [0.4, 0.5) is 5.69 Å². The molecule has 0 aliphatic rings. The largest absolute Gasteiger partial charge is 0.396 e. The second-order valence-corrected chi connectivity index (χ2v) is 5.41. The van der Waals surface area contributed by atoms with E-state index < -0.39 is 0 Å². The van der Waals surface area contributed by atoms with Gasteiger partial charge in [-0.1, -0.05) is 13.8 Å². The Morgan fingerprint density at radius 1 is 1.38 bits per heavy atom. The number of carbonyl (C=O) groups excluding carboxylic acids is 1. The van der Waals surface area contributed by atoms with E-state index >= 15 is 0 Å². The Labute approximate surface area is 126 Å². The molecule has 0 radical (unpaired) electrons. The fourth-order valence-corrected chi connectivity index (χ4v) is 1.94. The average molecular weight is 294 g/mol. The fraction of sp³-hybridized carbons (Fsp3) is 0.667. The summed E-state index contributed by atoms with van der Waals surface area (Å²) in [6, 6.07) is 0. The third-order valence-corrected chi connectivity index (χ3v) is 3.29. The van der Waals surface area contributed by atoms with E-state index in [1.165, 1.54) is 0 Å². The Balaban J connectivity index is 2.81. The smallest absolute Gasteiger partial charge is 0.274 e. The number of rotatable bonds is 8. The minimum absolute atomic E-state index is 0.104. The third-order valence-electron chi connectivity index (χ3n) is 3.29. The molecule has 0 bridgehead atoms. The Kier molecular flexibility index (Phi) is 7.08. The van der Waals surface area contributed by atoms with Crippen LogP contribution in [-0.2, 0) is 0 Å². The molecule has 1 amide bonds. The van der Waals surface area contributed by atoms with Crippen LogP contribution < -0.4 is 5.32 Å². The van der Waals surface area contributed by atoms with Crippen LogP contribution in [0.1, 0.15) is 55.3 Å². The van der Waals surface area contributed by atoms with E-state index in [-0.39, 0.29) is 18.4 Å². The number of nitrogens with one attached hydrogen (secondary N) is 1. The Morgan fingerprint density at radius 2 is 2.10 bits per heavy atom. The number of carbonyl (C=O) groups is 1. The molecule has 1 rings (SSSR count). The molecule has 0 atom stereocenters. The van der Waals surface area contributed by atoms with Crippen molar-refractivity contribution in [1.29, 1.82) is 0 Å².